The highest BCUT2D eigenvalue weighted by Crippen LogP contribution is 2.34. The maximum atomic E-state index is 12.0. The Bertz CT molecular complexity index is 627. The summed E-state index contributed by atoms with van der Waals surface area (Å²) in [5.74, 6) is 0.720. The van der Waals surface area contributed by atoms with Gasteiger partial charge in [0.25, 0.3) is 0 Å². The maximum absolute atomic E-state index is 12.0. The third-order valence-electron chi connectivity index (χ3n) is 2.97. The topological polar surface area (TPSA) is 68.0 Å². The van der Waals surface area contributed by atoms with Gasteiger partial charge in [-0.2, -0.15) is 11.8 Å². The molecule has 2 aromatic heterocycles. The van der Waals surface area contributed by atoms with Gasteiger partial charge >= 0.3 is 0 Å². The Morgan fingerprint density at radius 1 is 1.41 bits per heavy atom. The molecule has 122 valence electrons. The van der Waals surface area contributed by atoms with Gasteiger partial charge in [-0.3, -0.25) is 4.79 Å². The van der Waals surface area contributed by atoms with Crippen LogP contribution in [0.5, 0.6) is 0 Å². The molecule has 0 unspecified atom stereocenters. The number of hydrogen-bond acceptors (Lipinski definition) is 6. The molecule has 2 heterocycles. The lowest BCUT2D eigenvalue weighted by Crippen LogP contribution is -2.36. The summed E-state index contributed by atoms with van der Waals surface area (Å²) in [7, 11) is 0. The number of carbonyl (C=O) groups excluding carboxylic acids is 1. The number of rotatable bonds is 6. The molecule has 0 aromatic carbocycles. The number of nitrogens with zero attached hydrogens (tertiary/aromatic N) is 1. The van der Waals surface area contributed by atoms with Gasteiger partial charge in [0, 0.05) is 9.75 Å². The third kappa shape index (κ3) is 4.96. The van der Waals surface area contributed by atoms with Gasteiger partial charge in [0.2, 0.25) is 5.91 Å². The van der Waals surface area contributed by atoms with Gasteiger partial charge < -0.3 is 11.1 Å². The molecule has 0 aliphatic carbocycles. The van der Waals surface area contributed by atoms with E-state index >= 15 is 0 Å². The van der Waals surface area contributed by atoms with E-state index in [4.69, 9.17) is 5.73 Å². The van der Waals surface area contributed by atoms with Crippen LogP contribution in [0.3, 0.4) is 0 Å². The summed E-state index contributed by atoms with van der Waals surface area (Å²) >= 11 is 4.89. The zero-order valence-corrected chi connectivity index (χ0v) is 16.0. The van der Waals surface area contributed by atoms with Crippen molar-refractivity contribution in [3.05, 3.63) is 21.9 Å². The number of anilines is 1. The first-order chi connectivity index (χ1) is 10.0. The molecule has 3 N–H and O–H groups in total. The minimum absolute atomic E-state index is 0. The lowest BCUT2D eigenvalue weighted by molar-refractivity contribution is -0.117. The highest BCUT2D eigenvalue weighted by atomic mass is 35.5. The molecule has 8 heteroatoms. The van der Waals surface area contributed by atoms with Crippen molar-refractivity contribution in [2.75, 3.05) is 17.3 Å². The number of nitrogens with two attached hydrogens (primary N) is 1. The molecule has 0 radical (unpaired) electrons. The second-order valence-corrected chi connectivity index (χ2v) is 8.19. The minimum Gasteiger partial charge on any atom is -0.320 e. The molecule has 4 nitrogen and oxygen atoms in total. The second kappa shape index (κ2) is 8.88. The van der Waals surface area contributed by atoms with Gasteiger partial charge in [-0.05, 0) is 44.4 Å². The average Bonchev–Trinajstić information content (AvgIpc) is 3.02. The molecule has 0 fully saturated rings. The lowest BCUT2D eigenvalue weighted by atomic mass is 10.2. The fraction of sp³-hybridized carbons (Fsp3) is 0.429. The van der Waals surface area contributed by atoms with Crippen molar-refractivity contribution in [3.63, 3.8) is 0 Å². The normalized spacial score (nSPS) is 11.8. The van der Waals surface area contributed by atoms with Crippen LogP contribution < -0.4 is 11.1 Å². The van der Waals surface area contributed by atoms with Crippen LogP contribution in [-0.2, 0) is 4.79 Å². The Balaban J connectivity index is 0.00000242. The van der Waals surface area contributed by atoms with E-state index in [9.17, 15) is 4.79 Å². The molecule has 2 aromatic rings. The molecule has 0 bridgehead atoms. The largest absolute Gasteiger partial charge is 0.320 e. The standard InChI is InChI=1S/C14H19N3OS3.ClH/c1-8-4-5-11(20-8)12-9(2)21-14(16-12)17-13(18)10(15)6-7-19-3;/h4-5,10H,6-7,15H2,1-3H3,(H,16,17,18);1H/t10-;/m0./s1. The van der Waals surface area contributed by atoms with Gasteiger partial charge in [0.05, 0.1) is 16.6 Å². The van der Waals surface area contributed by atoms with Gasteiger partial charge in [-0.15, -0.1) is 35.1 Å². The first kappa shape index (κ1) is 19.4. The number of thiophene rings is 1. The number of halogens is 1. The van der Waals surface area contributed by atoms with Crippen molar-refractivity contribution in [2.24, 2.45) is 5.73 Å². The minimum atomic E-state index is -0.478. The number of hydrogen-bond donors (Lipinski definition) is 2. The highest BCUT2D eigenvalue weighted by molar-refractivity contribution is 7.98. The summed E-state index contributed by atoms with van der Waals surface area (Å²) in [5, 5.41) is 3.45. The Morgan fingerprint density at radius 2 is 2.14 bits per heavy atom. The van der Waals surface area contributed by atoms with Crippen molar-refractivity contribution >= 4 is 57.9 Å². The summed E-state index contributed by atoms with van der Waals surface area (Å²) in [6.45, 7) is 4.09. The van der Waals surface area contributed by atoms with Gasteiger partial charge in [0.1, 0.15) is 0 Å². The Labute approximate surface area is 149 Å². The van der Waals surface area contributed by atoms with E-state index in [1.807, 2.05) is 13.2 Å². The SMILES string of the molecule is CSCC[C@H](N)C(=O)Nc1nc(-c2ccc(C)s2)c(C)s1.Cl. The van der Waals surface area contributed by atoms with E-state index in [1.54, 1.807) is 23.1 Å². The van der Waals surface area contributed by atoms with E-state index in [2.05, 4.69) is 29.4 Å². The number of nitrogens with one attached hydrogen (secondary N) is 1. The van der Waals surface area contributed by atoms with Crippen LogP contribution in [-0.4, -0.2) is 28.9 Å². The zero-order valence-electron chi connectivity index (χ0n) is 12.7. The molecule has 0 saturated carbocycles. The molecule has 1 amide bonds. The van der Waals surface area contributed by atoms with Crippen LogP contribution in [0, 0.1) is 13.8 Å². The lowest BCUT2D eigenvalue weighted by Gasteiger charge is -2.09. The summed E-state index contributed by atoms with van der Waals surface area (Å²) in [6, 6.07) is 3.67. The predicted molar refractivity (Wildman–Crippen MR) is 102 cm³/mol. The molecular weight excluding hydrogens is 358 g/mol. The van der Waals surface area contributed by atoms with E-state index < -0.39 is 6.04 Å². The number of thiazole rings is 1. The van der Waals surface area contributed by atoms with Crippen LogP contribution in [0.4, 0.5) is 5.13 Å². The fourth-order valence-electron chi connectivity index (χ4n) is 1.81. The average molecular weight is 378 g/mol. The molecule has 0 spiro atoms. The Kier molecular flexibility index (Phi) is 7.85. The van der Waals surface area contributed by atoms with Crippen LogP contribution in [0.15, 0.2) is 12.1 Å². The van der Waals surface area contributed by atoms with Crippen LogP contribution in [0.1, 0.15) is 16.2 Å². The highest BCUT2D eigenvalue weighted by Gasteiger charge is 2.17. The van der Waals surface area contributed by atoms with Crippen molar-refractivity contribution in [3.8, 4) is 10.6 Å². The quantitative estimate of drug-likeness (QED) is 0.800. The number of aromatic nitrogens is 1. The number of aryl methyl sites for hydroxylation is 2. The van der Waals surface area contributed by atoms with Gasteiger partial charge in [-0.25, -0.2) is 4.98 Å². The third-order valence-corrected chi connectivity index (χ3v) is 5.51. The van der Waals surface area contributed by atoms with Crippen LogP contribution in [0.2, 0.25) is 0 Å². The van der Waals surface area contributed by atoms with E-state index in [0.29, 0.717) is 11.6 Å². The van der Waals surface area contributed by atoms with E-state index in [-0.39, 0.29) is 18.3 Å². The van der Waals surface area contributed by atoms with Crippen molar-refractivity contribution in [2.45, 2.75) is 26.3 Å². The first-order valence-electron chi connectivity index (χ1n) is 6.61. The number of amides is 1. The Morgan fingerprint density at radius 3 is 2.73 bits per heavy atom. The maximum Gasteiger partial charge on any atom is 0.243 e. The zero-order chi connectivity index (χ0) is 15.4. The molecule has 0 saturated heterocycles. The van der Waals surface area contributed by atoms with Crippen molar-refractivity contribution in [1.29, 1.82) is 0 Å². The summed E-state index contributed by atoms with van der Waals surface area (Å²) < 4.78 is 0. The molecule has 22 heavy (non-hydrogen) atoms. The number of thioether (sulfide) groups is 1. The summed E-state index contributed by atoms with van der Waals surface area (Å²) in [4.78, 5) is 20.0. The monoisotopic (exact) mass is 377 g/mol. The molecule has 1 atom stereocenters. The molecule has 0 aliphatic heterocycles. The molecule has 2 rings (SSSR count). The van der Waals surface area contributed by atoms with Gasteiger partial charge in [0.15, 0.2) is 5.13 Å². The van der Waals surface area contributed by atoms with Crippen LogP contribution >= 0.6 is 46.8 Å². The summed E-state index contributed by atoms with van der Waals surface area (Å²) in [5.41, 5.74) is 6.81. The van der Waals surface area contributed by atoms with Crippen molar-refractivity contribution in [1.82, 2.24) is 4.98 Å². The molecule has 0 aliphatic rings. The number of carbonyl (C=O) groups is 1. The fourth-order valence-corrected chi connectivity index (χ4v) is 4.11. The predicted octanol–water partition coefficient (Wildman–Crippen LogP) is 3.93. The Hall–Kier alpha value is -0.600. The first-order valence-corrected chi connectivity index (χ1v) is 9.63. The van der Waals surface area contributed by atoms with Crippen LogP contribution in [0.25, 0.3) is 10.6 Å². The van der Waals surface area contributed by atoms with Gasteiger partial charge in [-0.1, -0.05) is 0 Å². The summed E-state index contributed by atoms with van der Waals surface area (Å²) in [6.07, 6.45) is 2.68. The second-order valence-electron chi connectivity index (χ2n) is 4.71. The van der Waals surface area contributed by atoms with E-state index in [0.717, 1.165) is 21.2 Å². The molecular formula is C14H20ClN3OS3. The van der Waals surface area contributed by atoms with E-state index in [1.165, 1.54) is 16.2 Å². The van der Waals surface area contributed by atoms with Crippen molar-refractivity contribution < 1.29 is 4.79 Å². The smallest absolute Gasteiger partial charge is 0.243 e.